The number of carbonyl (C=O) groups excluding carboxylic acids is 1. The van der Waals surface area contributed by atoms with Gasteiger partial charge in [0.15, 0.2) is 0 Å². The number of nitriles is 1. The Kier molecular flexibility index (Phi) is 2.65. The Morgan fingerprint density at radius 2 is 1.89 bits per heavy atom. The van der Waals surface area contributed by atoms with Gasteiger partial charge in [-0.2, -0.15) is 18.4 Å². The maximum atomic E-state index is 13.6. The summed E-state index contributed by atoms with van der Waals surface area (Å²) in [5, 5.41) is 8.98. The van der Waals surface area contributed by atoms with E-state index in [0.717, 1.165) is 0 Å². The van der Waals surface area contributed by atoms with Gasteiger partial charge in [-0.25, -0.2) is 4.39 Å². The number of hydrogen-bond acceptors (Lipinski definition) is 2. The van der Waals surface area contributed by atoms with Crippen molar-refractivity contribution in [3.8, 4) is 6.07 Å². The third-order valence-electron chi connectivity index (χ3n) is 3.02. The SMILES string of the molecule is N#CC1(c2cc(C(F)(F)F)ccc2F)CC(=O)C1. The fourth-order valence-electron chi connectivity index (χ4n) is 2.02. The van der Waals surface area contributed by atoms with Gasteiger partial charge in [0, 0.05) is 18.4 Å². The van der Waals surface area contributed by atoms with Crippen LogP contribution in [0.5, 0.6) is 0 Å². The molecule has 0 spiro atoms. The van der Waals surface area contributed by atoms with E-state index in [2.05, 4.69) is 0 Å². The lowest BCUT2D eigenvalue weighted by Gasteiger charge is -2.34. The maximum Gasteiger partial charge on any atom is 0.416 e. The minimum absolute atomic E-state index is 0.234. The Balaban J connectivity index is 2.51. The van der Waals surface area contributed by atoms with Crippen molar-refractivity contribution in [2.45, 2.75) is 24.4 Å². The molecule has 94 valence electrons. The summed E-state index contributed by atoms with van der Waals surface area (Å²) < 4.78 is 51.1. The van der Waals surface area contributed by atoms with E-state index in [1.165, 1.54) is 0 Å². The first-order valence-corrected chi connectivity index (χ1v) is 5.09. The van der Waals surface area contributed by atoms with Crippen molar-refractivity contribution < 1.29 is 22.4 Å². The van der Waals surface area contributed by atoms with Crippen molar-refractivity contribution in [2.75, 3.05) is 0 Å². The van der Waals surface area contributed by atoms with Crippen LogP contribution < -0.4 is 0 Å². The van der Waals surface area contributed by atoms with Gasteiger partial charge >= 0.3 is 6.18 Å². The first kappa shape index (κ1) is 12.6. The summed E-state index contributed by atoms with van der Waals surface area (Å²) >= 11 is 0. The zero-order valence-electron chi connectivity index (χ0n) is 9.01. The molecule has 1 aliphatic carbocycles. The average Bonchev–Trinajstić information content (AvgIpc) is 2.24. The summed E-state index contributed by atoms with van der Waals surface area (Å²) in [4.78, 5) is 10.9. The highest BCUT2D eigenvalue weighted by Gasteiger charge is 2.48. The van der Waals surface area contributed by atoms with E-state index in [9.17, 15) is 22.4 Å². The zero-order valence-corrected chi connectivity index (χ0v) is 9.01. The average molecular weight is 257 g/mol. The van der Waals surface area contributed by atoms with Crippen molar-refractivity contribution in [3.05, 3.63) is 35.1 Å². The van der Waals surface area contributed by atoms with E-state index in [1.54, 1.807) is 6.07 Å². The van der Waals surface area contributed by atoms with Crippen molar-refractivity contribution in [3.63, 3.8) is 0 Å². The van der Waals surface area contributed by atoms with Gasteiger partial charge in [-0.1, -0.05) is 0 Å². The molecule has 1 aromatic rings. The van der Waals surface area contributed by atoms with Crippen molar-refractivity contribution in [2.24, 2.45) is 0 Å². The molecule has 0 atom stereocenters. The Hall–Kier alpha value is -1.90. The first-order valence-electron chi connectivity index (χ1n) is 5.09. The van der Waals surface area contributed by atoms with Gasteiger partial charge in [-0.3, -0.25) is 4.79 Å². The predicted molar refractivity (Wildman–Crippen MR) is 52.9 cm³/mol. The van der Waals surface area contributed by atoms with Crippen LogP contribution in [0.4, 0.5) is 17.6 Å². The Morgan fingerprint density at radius 3 is 2.33 bits per heavy atom. The minimum Gasteiger partial charge on any atom is -0.300 e. The summed E-state index contributed by atoms with van der Waals surface area (Å²) in [6, 6.07) is 3.67. The van der Waals surface area contributed by atoms with Crippen LogP contribution in [-0.4, -0.2) is 5.78 Å². The molecule has 18 heavy (non-hydrogen) atoms. The number of hydrogen-bond donors (Lipinski definition) is 0. The molecule has 1 saturated carbocycles. The number of alkyl halides is 3. The second-order valence-electron chi connectivity index (χ2n) is 4.28. The van der Waals surface area contributed by atoms with Gasteiger partial charge in [-0.05, 0) is 18.2 Å². The second kappa shape index (κ2) is 3.80. The minimum atomic E-state index is -4.60. The molecule has 1 aliphatic rings. The molecule has 0 heterocycles. The molecule has 1 aromatic carbocycles. The number of ketones is 1. The molecule has 0 aromatic heterocycles. The van der Waals surface area contributed by atoms with Gasteiger partial charge in [-0.15, -0.1) is 0 Å². The molecule has 2 nitrogen and oxygen atoms in total. The van der Waals surface area contributed by atoms with Gasteiger partial charge in [0.05, 0.1) is 17.0 Å². The lowest BCUT2D eigenvalue weighted by molar-refractivity contribution is -0.137. The summed E-state index contributed by atoms with van der Waals surface area (Å²) in [5.74, 6) is -1.15. The number of Topliss-reactive ketones (excluding diaryl/α,β-unsaturated/α-hetero) is 1. The van der Waals surface area contributed by atoms with E-state index in [1.807, 2.05) is 0 Å². The van der Waals surface area contributed by atoms with E-state index in [0.29, 0.717) is 18.2 Å². The lowest BCUT2D eigenvalue weighted by atomic mass is 9.64. The topological polar surface area (TPSA) is 40.9 Å². The van der Waals surface area contributed by atoms with Crippen LogP contribution in [0.15, 0.2) is 18.2 Å². The summed E-state index contributed by atoms with van der Waals surface area (Å²) in [6.45, 7) is 0. The number of rotatable bonds is 1. The number of nitrogens with zero attached hydrogens (tertiary/aromatic N) is 1. The van der Waals surface area contributed by atoms with Crippen LogP contribution in [0.25, 0.3) is 0 Å². The monoisotopic (exact) mass is 257 g/mol. The molecule has 1 fully saturated rings. The first-order chi connectivity index (χ1) is 8.28. The van der Waals surface area contributed by atoms with Crippen LogP contribution in [0.3, 0.4) is 0 Å². The van der Waals surface area contributed by atoms with E-state index < -0.39 is 23.0 Å². The largest absolute Gasteiger partial charge is 0.416 e. The third-order valence-corrected chi connectivity index (χ3v) is 3.02. The third kappa shape index (κ3) is 1.86. The molecular formula is C12H7F4NO. The molecule has 0 amide bonds. The van der Waals surface area contributed by atoms with Crippen LogP contribution in [-0.2, 0) is 16.4 Å². The Morgan fingerprint density at radius 1 is 1.28 bits per heavy atom. The lowest BCUT2D eigenvalue weighted by Crippen LogP contribution is -2.41. The van der Waals surface area contributed by atoms with Crippen molar-refractivity contribution in [1.29, 1.82) is 5.26 Å². The molecule has 0 N–H and O–H groups in total. The number of carbonyl (C=O) groups is 1. The molecule has 0 aliphatic heterocycles. The van der Waals surface area contributed by atoms with Crippen molar-refractivity contribution >= 4 is 5.78 Å². The standard InChI is InChI=1S/C12H7F4NO/c13-10-2-1-7(12(14,15)16)3-9(10)11(6-17)4-8(18)5-11/h1-3H,4-5H2. The Bertz CT molecular complexity index is 548. The smallest absolute Gasteiger partial charge is 0.300 e. The van der Waals surface area contributed by atoms with Crippen LogP contribution in [0.2, 0.25) is 0 Å². The number of benzene rings is 1. The van der Waals surface area contributed by atoms with E-state index >= 15 is 0 Å². The highest BCUT2D eigenvalue weighted by Crippen LogP contribution is 2.43. The van der Waals surface area contributed by atoms with E-state index in [-0.39, 0.29) is 24.2 Å². The summed E-state index contributed by atoms with van der Waals surface area (Å²) in [7, 11) is 0. The van der Waals surface area contributed by atoms with Crippen molar-refractivity contribution in [1.82, 2.24) is 0 Å². The number of halogens is 4. The molecule has 0 radical (unpaired) electrons. The molecular weight excluding hydrogens is 250 g/mol. The van der Waals surface area contributed by atoms with Crippen LogP contribution >= 0.6 is 0 Å². The Labute approximate surface area is 99.8 Å². The van der Waals surface area contributed by atoms with Gasteiger partial charge in [0.25, 0.3) is 0 Å². The maximum absolute atomic E-state index is 13.6. The quantitative estimate of drug-likeness (QED) is 0.726. The normalized spacial score (nSPS) is 18.1. The molecule has 0 unspecified atom stereocenters. The van der Waals surface area contributed by atoms with Gasteiger partial charge in [0.2, 0.25) is 0 Å². The van der Waals surface area contributed by atoms with Gasteiger partial charge < -0.3 is 0 Å². The predicted octanol–water partition coefficient (Wildman–Crippen LogP) is 2.97. The van der Waals surface area contributed by atoms with E-state index in [4.69, 9.17) is 5.26 Å². The summed E-state index contributed by atoms with van der Waals surface area (Å²) in [6.07, 6.45) is -5.07. The molecule has 0 saturated heterocycles. The molecule has 6 heteroatoms. The highest BCUT2D eigenvalue weighted by atomic mass is 19.4. The van der Waals surface area contributed by atoms with Crippen LogP contribution in [0, 0.1) is 17.1 Å². The molecule has 2 rings (SSSR count). The fourth-order valence-corrected chi connectivity index (χ4v) is 2.02. The fraction of sp³-hybridized carbons (Fsp3) is 0.333. The van der Waals surface area contributed by atoms with Gasteiger partial charge in [0.1, 0.15) is 11.6 Å². The zero-order chi connectivity index (χ0) is 13.6. The van der Waals surface area contributed by atoms with Crippen LogP contribution in [0.1, 0.15) is 24.0 Å². The highest BCUT2D eigenvalue weighted by molar-refractivity contribution is 5.90. The molecule has 0 bridgehead atoms. The summed E-state index contributed by atoms with van der Waals surface area (Å²) in [5.41, 5.74) is -2.81. The second-order valence-corrected chi connectivity index (χ2v) is 4.28.